The van der Waals surface area contributed by atoms with Gasteiger partial charge in [-0.3, -0.25) is 14.5 Å². The number of benzene rings is 1. The van der Waals surface area contributed by atoms with Crippen molar-refractivity contribution in [1.82, 2.24) is 4.90 Å². The Morgan fingerprint density at radius 2 is 1.90 bits per heavy atom. The Balaban J connectivity index is 1.85. The standard InChI is InChI=1S/C15H17ClN2O2/c16-11-4-2-10(3-5-11)15(6-1-7-15)9-18-13(19)8-12(17)14(18)20/h2-5,12H,1,6-9,17H2/t12-/m0/s1. The molecule has 0 radical (unpaired) electrons. The molecule has 1 heterocycles. The normalized spacial score (nSPS) is 24.9. The maximum atomic E-state index is 12.0. The first kappa shape index (κ1) is 13.6. The summed E-state index contributed by atoms with van der Waals surface area (Å²) in [6.07, 6.45) is 3.22. The molecule has 2 N–H and O–H groups in total. The fourth-order valence-corrected chi connectivity index (χ4v) is 3.25. The van der Waals surface area contributed by atoms with Gasteiger partial charge in [0.25, 0.3) is 0 Å². The van der Waals surface area contributed by atoms with Crippen LogP contribution in [0, 0.1) is 0 Å². The number of nitrogens with zero attached hydrogens (tertiary/aromatic N) is 1. The van der Waals surface area contributed by atoms with Gasteiger partial charge in [-0.2, -0.15) is 0 Å². The summed E-state index contributed by atoms with van der Waals surface area (Å²) >= 11 is 5.92. The van der Waals surface area contributed by atoms with Crippen molar-refractivity contribution >= 4 is 23.4 Å². The van der Waals surface area contributed by atoms with E-state index in [1.54, 1.807) is 0 Å². The summed E-state index contributed by atoms with van der Waals surface area (Å²) in [5.74, 6) is -0.391. The van der Waals surface area contributed by atoms with E-state index in [4.69, 9.17) is 17.3 Å². The van der Waals surface area contributed by atoms with E-state index in [1.807, 2.05) is 24.3 Å². The highest BCUT2D eigenvalue weighted by atomic mass is 35.5. The molecule has 0 bridgehead atoms. The van der Waals surface area contributed by atoms with Gasteiger partial charge in [0.15, 0.2) is 0 Å². The molecule has 1 aromatic carbocycles. The number of carbonyl (C=O) groups excluding carboxylic acids is 2. The molecule has 3 rings (SSSR count). The molecule has 2 amide bonds. The van der Waals surface area contributed by atoms with Crippen LogP contribution in [-0.4, -0.2) is 29.3 Å². The Bertz CT molecular complexity index is 551. The lowest BCUT2D eigenvalue weighted by Crippen LogP contribution is -2.48. The van der Waals surface area contributed by atoms with Gasteiger partial charge in [-0.25, -0.2) is 0 Å². The van der Waals surface area contributed by atoms with Crippen LogP contribution in [-0.2, 0) is 15.0 Å². The minimum atomic E-state index is -0.662. The van der Waals surface area contributed by atoms with Crippen molar-refractivity contribution in [3.8, 4) is 0 Å². The second kappa shape index (κ2) is 4.86. The Labute approximate surface area is 122 Å². The molecule has 1 aliphatic carbocycles. The van der Waals surface area contributed by atoms with Crippen molar-refractivity contribution in [3.63, 3.8) is 0 Å². The number of carbonyl (C=O) groups is 2. The smallest absolute Gasteiger partial charge is 0.246 e. The first-order valence-corrected chi connectivity index (χ1v) is 7.25. The van der Waals surface area contributed by atoms with Gasteiger partial charge in [-0.15, -0.1) is 0 Å². The fraction of sp³-hybridized carbons (Fsp3) is 0.467. The van der Waals surface area contributed by atoms with Gasteiger partial charge in [-0.05, 0) is 30.5 Å². The third-order valence-electron chi connectivity index (χ3n) is 4.51. The minimum Gasteiger partial charge on any atom is -0.319 e. The maximum absolute atomic E-state index is 12.0. The molecule has 0 spiro atoms. The molecule has 1 atom stereocenters. The molecule has 1 saturated heterocycles. The average Bonchev–Trinajstić information content (AvgIpc) is 2.61. The lowest BCUT2D eigenvalue weighted by molar-refractivity contribution is -0.140. The number of imide groups is 1. The predicted octanol–water partition coefficient (Wildman–Crippen LogP) is 1.85. The molecule has 2 fully saturated rings. The van der Waals surface area contributed by atoms with Crippen molar-refractivity contribution in [1.29, 1.82) is 0 Å². The van der Waals surface area contributed by atoms with E-state index in [1.165, 1.54) is 4.90 Å². The molecular weight excluding hydrogens is 276 g/mol. The summed E-state index contributed by atoms with van der Waals surface area (Å²) < 4.78 is 0. The highest BCUT2D eigenvalue weighted by Crippen LogP contribution is 2.45. The van der Waals surface area contributed by atoms with Crippen LogP contribution in [0.2, 0.25) is 5.02 Å². The van der Waals surface area contributed by atoms with E-state index in [-0.39, 0.29) is 23.7 Å². The van der Waals surface area contributed by atoms with E-state index >= 15 is 0 Å². The SMILES string of the molecule is N[C@H]1CC(=O)N(CC2(c3ccc(Cl)cc3)CCC2)C1=O. The van der Waals surface area contributed by atoms with E-state index < -0.39 is 6.04 Å². The third kappa shape index (κ3) is 2.13. The Morgan fingerprint density at radius 1 is 1.25 bits per heavy atom. The molecule has 1 aromatic rings. The third-order valence-corrected chi connectivity index (χ3v) is 4.76. The van der Waals surface area contributed by atoms with Crippen molar-refractivity contribution < 1.29 is 9.59 Å². The zero-order valence-corrected chi connectivity index (χ0v) is 11.9. The molecule has 0 unspecified atom stereocenters. The molecule has 4 nitrogen and oxygen atoms in total. The van der Waals surface area contributed by atoms with E-state index in [0.29, 0.717) is 11.6 Å². The molecular formula is C15H17ClN2O2. The monoisotopic (exact) mass is 292 g/mol. The largest absolute Gasteiger partial charge is 0.319 e. The van der Waals surface area contributed by atoms with E-state index in [0.717, 1.165) is 24.8 Å². The van der Waals surface area contributed by atoms with Crippen molar-refractivity contribution in [2.24, 2.45) is 5.73 Å². The zero-order chi connectivity index (χ0) is 14.3. The fourth-order valence-electron chi connectivity index (χ4n) is 3.12. The maximum Gasteiger partial charge on any atom is 0.246 e. The second-order valence-electron chi connectivity index (χ2n) is 5.77. The summed E-state index contributed by atoms with van der Waals surface area (Å²) in [6, 6.07) is 7.04. The Hall–Kier alpha value is -1.39. The summed E-state index contributed by atoms with van der Waals surface area (Å²) in [5, 5.41) is 0.693. The van der Waals surface area contributed by atoms with Gasteiger partial charge in [0.1, 0.15) is 0 Å². The number of amides is 2. The van der Waals surface area contributed by atoms with Crippen LogP contribution < -0.4 is 5.73 Å². The molecule has 106 valence electrons. The minimum absolute atomic E-state index is 0.111. The number of halogens is 1. The predicted molar refractivity (Wildman–Crippen MR) is 76.3 cm³/mol. The lowest BCUT2D eigenvalue weighted by Gasteiger charge is -2.44. The Morgan fingerprint density at radius 3 is 2.35 bits per heavy atom. The van der Waals surface area contributed by atoms with Crippen LogP contribution in [0.25, 0.3) is 0 Å². The van der Waals surface area contributed by atoms with Crippen LogP contribution in [0.1, 0.15) is 31.2 Å². The average molecular weight is 293 g/mol. The molecule has 2 aliphatic rings. The first-order valence-electron chi connectivity index (χ1n) is 6.88. The summed E-state index contributed by atoms with van der Waals surface area (Å²) in [6.45, 7) is 0.444. The molecule has 5 heteroatoms. The van der Waals surface area contributed by atoms with Crippen molar-refractivity contribution in [2.75, 3.05) is 6.54 Å². The molecule has 1 saturated carbocycles. The highest BCUT2D eigenvalue weighted by Gasteiger charge is 2.45. The van der Waals surface area contributed by atoms with Crippen molar-refractivity contribution in [3.05, 3.63) is 34.9 Å². The van der Waals surface area contributed by atoms with Gasteiger partial charge in [0.05, 0.1) is 12.5 Å². The first-order chi connectivity index (χ1) is 9.52. The van der Waals surface area contributed by atoms with E-state index in [2.05, 4.69) is 0 Å². The Kier molecular flexibility index (Phi) is 3.30. The van der Waals surface area contributed by atoms with Gasteiger partial charge in [0.2, 0.25) is 11.8 Å². The van der Waals surface area contributed by atoms with Crippen LogP contribution in [0.5, 0.6) is 0 Å². The zero-order valence-electron chi connectivity index (χ0n) is 11.1. The van der Waals surface area contributed by atoms with Crippen LogP contribution in [0.4, 0.5) is 0 Å². The molecule has 20 heavy (non-hydrogen) atoms. The number of rotatable bonds is 3. The molecule has 1 aliphatic heterocycles. The van der Waals surface area contributed by atoms with Crippen LogP contribution in [0.15, 0.2) is 24.3 Å². The highest BCUT2D eigenvalue weighted by molar-refractivity contribution is 6.30. The van der Waals surface area contributed by atoms with Crippen LogP contribution >= 0.6 is 11.6 Å². The number of hydrogen-bond acceptors (Lipinski definition) is 3. The van der Waals surface area contributed by atoms with Gasteiger partial charge >= 0.3 is 0 Å². The summed E-state index contributed by atoms with van der Waals surface area (Å²) in [7, 11) is 0. The second-order valence-corrected chi connectivity index (χ2v) is 6.21. The van der Waals surface area contributed by atoms with Gasteiger partial charge in [-0.1, -0.05) is 30.2 Å². The topological polar surface area (TPSA) is 63.4 Å². The van der Waals surface area contributed by atoms with Gasteiger partial charge in [0, 0.05) is 17.0 Å². The number of hydrogen-bond donors (Lipinski definition) is 1. The quantitative estimate of drug-likeness (QED) is 0.865. The van der Waals surface area contributed by atoms with Crippen LogP contribution in [0.3, 0.4) is 0 Å². The molecule has 0 aromatic heterocycles. The number of nitrogens with two attached hydrogens (primary N) is 1. The van der Waals surface area contributed by atoms with Crippen molar-refractivity contribution in [2.45, 2.75) is 37.1 Å². The van der Waals surface area contributed by atoms with Gasteiger partial charge < -0.3 is 5.73 Å². The summed E-state index contributed by atoms with van der Waals surface area (Å²) in [4.78, 5) is 25.2. The van der Waals surface area contributed by atoms with E-state index in [9.17, 15) is 9.59 Å². The lowest BCUT2D eigenvalue weighted by atomic mass is 9.64. The summed E-state index contributed by atoms with van der Waals surface area (Å²) in [5.41, 5.74) is 6.70. The number of likely N-dealkylation sites (tertiary alicyclic amines) is 1.